The van der Waals surface area contributed by atoms with Gasteiger partial charge in [-0.25, -0.2) is 4.79 Å². The Morgan fingerprint density at radius 3 is 2.62 bits per heavy atom. The molecule has 1 aliphatic rings. The van der Waals surface area contributed by atoms with Crippen molar-refractivity contribution >= 4 is 28.3 Å². The van der Waals surface area contributed by atoms with Gasteiger partial charge in [0.25, 0.3) is 11.6 Å². The van der Waals surface area contributed by atoms with Crippen LogP contribution in [0.2, 0.25) is 0 Å². The van der Waals surface area contributed by atoms with Gasteiger partial charge in [0.2, 0.25) is 0 Å². The summed E-state index contributed by atoms with van der Waals surface area (Å²) in [6, 6.07) is 13.5. The van der Waals surface area contributed by atoms with E-state index in [0.29, 0.717) is 49.4 Å². The summed E-state index contributed by atoms with van der Waals surface area (Å²) in [7, 11) is 0. The molecule has 3 aromatic rings. The Morgan fingerprint density at radius 1 is 1.12 bits per heavy atom. The molecule has 1 aromatic heterocycles. The standard InChI is InChI=1S/C23H24N4O5/c1-16-17(6-4-7-20(16)27(30)31)23(29)26-13-11-25(12-14-26)10-9-24-19-15-22(28)32-21-8-3-2-5-18(19)21/h2-8,15,24H,9-14H2,1H3. The van der Waals surface area contributed by atoms with Crippen LogP contribution < -0.4 is 10.9 Å². The molecule has 0 saturated carbocycles. The first-order valence-electron chi connectivity index (χ1n) is 10.5. The van der Waals surface area contributed by atoms with Crippen LogP contribution in [0.4, 0.5) is 11.4 Å². The van der Waals surface area contributed by atoms with Crippen molar-refractivity contribution < 1.29 is 14.1 Å². The van der Waals surface area contributed by atoms with Crippen LogP contribution in [0.3, 0.4) is 0 Å². The van der Waals surface area contributed by atoms with Crippen LogP contribution in [0.25, 0.3) is 11.0 Å². The Balaban J connectivity index is 1.32. The molecule has 0 bridgehead atoms. The molecule has 2 heterocycles. The molecule has 1 aliphatic heterocycles. The van der Waals surface area contributed by atoms with Crippen molar-refractivity contribution in [3.63, 3.8) is 0 Å². The number of amides is 1. The van der Waals surface area contributed by atoms with Crippen LogP contribution in [0, 0.1) is 17.0 Å². The van der Waals surface area contributed by atoms with Gasteiger partial charge in [0.15, 0.2) is 0 Å². The number of nitrogens with one attached hydrogen (secondary N) is 1. The zero-order valence-electron chi connectivity index (χ0n) is 17.7. The molecule has 0 radical (unpaired) electrons. The first-order chi connectivity index (χ1) is 15.4. The zero-order valence-corrected chi connectivity index (χ0v) is 17.7. The minimum absolute atomic E-state index is 0.0389. The third-order valence-electron chi connectivity index (χ3n) is 5.79. The van der Waals surface area contributed by atoms with E-state index in [-0.39, 0.29) is 11.6 Å². The van der Waals surface area contributed by atoms with E-state index in [0.717, 1.165) is 17.6 Å². The fourth-order valence-electron chi connectivity index (χ4n) is 4.00. The number of hydrogen-bond donors (Lipinski definition) is 1. The highest BCUT2D eigenvalue weighted by Crippen LogP contribution is 2.23. The van der Waals surface area contributed by atoms with Gasteiger partial charge in [0, 0.05) is 67.9 Å². The number of carbonyl (C=O) groups excluding carboxylic acids is 1. The van der Waals surface area contributed by atoms with Crippen LogP contribution in [0.1, 0.15) is 15.9 Å². The van der Waals surface area contributed by atoms with Gasteiger partial charge in [0.1, 0.15) is 5.58 Å². The predicted octanol–water partition coefficient (Wildman–Crippen LogP) is 2.88. The molecule has 166 valence electrons. The third-order valence-corrected chi connectivity index (χ3v) is 5.79. The van der Waals surface area contributed by atoms with Gasteiger partial charge in [-0.15, -0.1) is 0 Å². The Morgan fingerprint density at radius 2 is 1.88 bits per heavy atom. The monoisotopic (exact) mass is 436 g/mol. The number of para-hydroxylation sites is 1. The maximum atomic E-state index is 12.9. The maximum Gasteiger partial charge on any atom is 0.338 e. The molecule has 0 aliphatic carbocycles. The molecule has 0 spiro atoms. The summed E-state index contributed by atoms with van der Waals surface area (Å²) in [5.74, 6) is -0.175. The van der Waals surface area contributed by atoms with Crippen molar-refractivity contribution in [3.05, 3.63) is 80.2 Å². The van der Waals surface area contributed by atoms with E-state index in [1.807, 2.05) is 18.2 Å². The third kappa shape index (κ3) is 4.47. The Kier molecular flexibility index (Phi) is 6.18. The van der Waals surface area contributed by atoms with Gasteiger partial charge in [-0.3, -0.25) is 19.8 Å². The van der Waals surface area contributed by atoms with E-state index < -0.39 is 10.5 Å². The molecule has 1 amide bonds. The normalized spacial score (nSPS) is 14.5. The lowest BCUT2D eigenvalue weighted by Gasteiger charge is -2.35. The highest BCUT2D eigenvalue weighted by atomic mass is 16.6. The summed E-state index contributed by atoms with van der Waals surface area (Å²) >= 11 is 0. The SMILES string of the molecule is Cc1c(C(=O)N2CCN(CCNc3cc(=O)oc4ccccc34)CC2)cccc1[N+](=O)[O-]. The molecule has 0 unspecified atom stereocenters. The average molecular weight is 436 g/mol. The molecule has 32 heavy (non-hydrogen) atoms. The molecule has 2 aromatic carbocycles. The summed E-state index contributed by atoms with van der Waals surface area (Å²) in [6.45, 7) is 5.54. The Labute approximate surface area is 184 Å². The van der Waals surface area contributed by atoms with Gasteiger partial charge >= 0.3 is 5.63 Å². The van der Waals surface area contributed by atoms with Crippen molar-refractivity contribution in [2.75, 3.05) is 44.6 Å². The summed E-state index contributed by atoms with van der Waals surface area (Å²) in [5, 5.41) is 15.3. The highest BCUT2D eigenvalue weighted by Gasteiger charge is 2.25. The predicted molar refractivity (Wildman–Crippen MR) is 121 cm³/mol. The summed E-state index contributed by atoms with van der Waals surface area (Å²) in [5.41, 5.74) is 1.63. The Hall–Kier alpha value is -3.72. The number of benzene rings is 2. The topological polar surface area (TPSA) is 109 Å². The summed E-state index contributed by atoms with van der Waals surface area (Å²) in [4.78, 5) is 39.3. The van der Waals surface area contributed by atoms with Crippen LogP contribution in [0.5, 0.6) is 0 Å². The average Bonchev–Trinajstić information content (AvgIpc) is 2.79. The summed E-state index contributed by atoms with van der Waals surface area (Å²) in [6.07, 6.45) is 0. The zero-order chi connectivity index (χ0) is 22.7. The van der Waals surface area contributed by atoms with Crippen LogP contribution >= 0.6 is 0 Å². The number of fused-ring (bicyclic) bond motifs is 1. The molecule has 1 fully saturated rings. The summed E-state index contributed by atoms with van der Waals surface area (Å²) < 4.78 is 5.22. The molecule has 1 N–H and O–H groups in total. The number of nitro groups is 1. The van der Waals surface area contributed by atoms with Gasteiger partial charge in [-0.05, 0) is 25.1 Å². The van der Waals surface area contributed by atoms with Crippen LogP contribution in [-0.2, 0) is 0 Å². The van der Waals surface area contributed by atoms with Gasteiger partial charge in [-0.1, -0.05) is 18.2 Å². The largest absolute Gasteiger partial charge is 0.423 e. The minimum Gasteiger partial charge on any atom is -0.423 e. The fourth-order valence-corrected chi connectivity index (χ4v) is 4.00. The van der Waals surface area contributed by atoms with Crippen molar-refractivity contribution in [1.29, 1.82) is 0 Å². The van der Waals surface area contributed by atoms with E-state index in [1.54, 1.807) is 30.0 Å². The number of hydrogen-bond acceptors (Lipinski definition) is 7. The van der Waals surface area contributed by atoms with E-state index in [4.69, 9.17) is 4.42 Å². The molecule has 4 rings (SSSR count). The number of nitro benzene ring substituents is 1. The molecule has 0 atom stereocenters. The molecular weight excluding hydrogens is 412 g/mol. The number of carbonyl (C=O) groups is 1. The molecule has 1 saturated heterocycles. The first kappa shape index (κ1) is 21.5. The fraction of sp³-hybridized carbons (Fsp3) is 0.304. The van der Waals surface area contributed by atoms with Crippen LogP contribution in [0.15, 0.2) is 57.7 Å². The second kappa shape index (κ2) is 9.19. The van der Waals surface area contributed by atoms with Gasteiger partial charge < -0.3 is 14.6 Å². The highest BCUT2D eigenvalue weighted by molar-refractivity contribution is 5.96. The maximum absolute atomic E-state index is 12.9. The second-order valence-electron chi connectivity index (χ2n) is 7.74. The number of piperazine rings is 1. The van der Waals surface area contributed by atoms with Gasteiger partial charge in [-0.2, -0.15) is 0 Å². The molecule has 9 heteroatoms. The quantitative estimate of drug-likeness (QED) is 0.359. The smallest absolute Gasteiger partial charge is 0.338 e. The lowest BCUT2D eigenvalue weighted by atomic mass is 10.1. The molecular formula is C23H24N4O5. The minimum atomic E-state index is -0.461. The van der Waals surface area contributed by atoms with Crippen molar-refractivity contribution in [1.82, 2.24) is 9.80 Å². The second-order valence-corrected chi connectivity index (χ2v) is 7.74. The lowest BCUT2D eigenvalue weighted by molar-refractivity contribution is -0.385. The van der Waals surface area contributed by atoms with Crippen molar-refractivity contribution in [3.8, 4) is 0 Å². The van der Waals surface area contributed by atoms with E-state index in [1.165, 1.54) is 12.1 Å². The van der Waals surface area contributed by atoms with Crippen molar-refractivity contribution in [2.24, 2.45) is 0 Å². The van der Waals surface area contributed by atoms with Crippen LogP contribution in [-0.4, -0.2) is 59.9 Å². The lowest BCUT2D eigenvalue weighted by Crippen LogP contribution is -2.49. The molecule has 9 nitrogen and oxygen atoms in total. The van der Waals surface area contributed by atoms with E-state index in [9.17, 15) is 19.7 Å². The van der Waals surface area contributed by atoms with E-state index in [2.05, 4.69) is 10.2 Å². The number of nitrogens with zero attached hydrogens (tertiary/aromatic N) is 3. The number of anilines is 1. The Bertz CT molecular complexity index is 1210. The number of rotatable bonds is 6. The van der Waals surface area contributed by atoms with Crippen molar-refractivity contribution in [2.45, 2.75) is 6.92 Å². The van der Waals surface area contributed by atoms with Gasteiger partial charge in [0.05, 0.1) is 10.6 Å². The van der Waals surface area contributed by atoms with E-state index >= 15 is 0 Å². The first-order valence-corrected chi connectivity index (χ1v) is 10.5.